The third-order valence-corrected chi connectivity index (χ3v) is 4.63. The molecule has 1 aromatic carbocycles. The van der Waals surface area contributed by atoms with E-state index in [0.29, 0.717) is 36.2 Å². The number of nitrogens with one attached hydrogen (secondary N) is 2. The number of benzene rings is 1. The fourth-order valence-electron chi connectivity index (χ4n) is 2.91. The highest BCUT2D eigenvalue weighted by Gasteiger charge is 2.22. The van der Waals surface area contributed by atoms with Crippen LogP contribution in [0.2, 0.25) is 5.02 Å². The third-order valence-electron chi connectivity index (χ3n) is 4.26. The number of aromatic amines is 1. The quantitative estimate of drug-likeness (QED) is 0.869. The SMILES string of the molecule is CCCCN1CNc2c(c(=O)[nH]c(=O)n2Cc2ccccc2Cl)C1. The number of rotatable bonds is 5. The first kappa shape index (κ1) is 16.8. The van der Waals surface area contributed by atoms with E-state index in [9.17, 15) is 9.59 Å². The fourth-order valence-corrected chi connectivity index (χ4v) is 3.11. The van der Waals surface area contributed by atoms with E-state index in [4.69, 9.17) is 11.6 Å². The molecule has 1 aliphatic rings. The van der Waals surface area contributed by atoms with Gasteiger partial charge in [0.2, 0.25) is 0 Å². The van der Waals surface area contributed by atoms with E-state index in [0.717, 1.165) is 24.9 Å². The van der Waals surface area contributed by atoms with Gasteiger partial charge < -0.3 is 5.32 Å². The smallest absolute Gasteiger partial charge is 0.330 e. The minimum atomic E-state index is -0.423. The minimum Gasteiger partial charge on any atom is -0.358 e. The maximum atomic E-state index is 12.3. The van der Waals surface area contributed by atoms with E-state index in [-0.39, 0.29) is 5.56 Å². The molecule has 0 amide bonds. The Balaban J connectivity index is 1.96. The Kier molecular flexibility index (Phi) is 5.06. The van der Waals surface area contributed by atoms with E-state index in [1.165, 1.54) is 0 Å². The van der Waals surface area contributed by atoms with Gasteiger partial charge in [0.05, 0.1) is 18.8 Å². The molecule has 0 radical (unpaired) electrons. The number of H-pyrrole nitrogens is 1. The normalized spacial score (nSPS) is 14.2. The van der Waals surface area contributed by atoms with Gasteiger partial charge in [0.25, 0.3) is 5.56 Å². The Hall–Kier alpha value is -2.05. The summed E-state index contributed by atoms with van der Waals surface area (Å²) in [5.41, 5.74) is 0.696. The van der Waals surface area contributed by atoms with Crippen LogP contribution in [0.1, 0.15) is 30.9 Å². The summed E-state index contributed by atoms with van der Waals surface area (Å²) < 4.78 is 1.55. The number of hydrogen-bond acceptors (Lipinski definition) is 4. The average molecular weight is 349 g/mol. The van der Waals surface area contributed by atoms with Gasteiger partial charge in [-0.2, -0.15) is 0 Å². The molecule has 0 unspecified atom stereocenters. The summed E-state index contributed by atoms with van der Waals surface area (Å²) in [4.78, 5) is 29.1. The summed E-state index contributed by atoms with van der Waals surface area (Å²) in [6, 6.07) is 7.40. The van der Waals surface area contributed by atoms with Crippen molar-refractivity contribution in [3.63, 3.8) is 0 Å². The molecule has 0 bridgehead atoms. The molecule has 24 heavy (non-hydrogen) atoms. The molecule has 7 heteroatoms. The Labute approximate surface area is 145 Å². The largest absolute Gasteiger partial charge is 0.358 e. The number of unbranched alkanes of at least 4 members (excludes halogenated alkanes) is 1. The number of aromatic nitrogens is 2. The van der Waals surface area contributed by atoms with Crippen LogP contribution in [0.4, 0.5) is 5.82 Å². The number of halogens is 1. The highest BCUT2D eigenvalue weighted by atomic mass is 35.5. The van der Waals surface area contributed by atoms with Crippen LogP contribution in [0.5, 0.6) is 0 Å². The van der Waals surface area contributed by atoms with Crippen LogP contribution in [-0.2, 0) is 13.1 Å². The second-order valence-corrected chi connectivity index (χ2v) is 6.41. The molecule has 1 aromatic heterocycles. The molecule has 0 aliphatic carbocycles. The van der Waals surface area contributed by atoms with Crippen LogP contribution in [0, 0.1) is 0 Å². The van der Waals surface area contributed by atoms with Crippen LogP contribution in [-0.4, -0.2) is 27.7 Å². The van der Waals surface area contributed by atoms with Crippen molar-refractivity contribution in [3.8, 4) is 0 Å². The Morgan fingerprint density at radius 1 is 1.25 bits per heavy atom. The van der Waals surface area contributed by atoms with Gasteiger partial charge in [0.1, 0.15) is 5.82 Å². The molecule has 128 valence electrons. The predicted octanol–water partition coefficient (Wildman–Crippen LogP) is 2.22. The monoisotopic (exact) mass is 348 g/mol. The molecule has 2 aromatic rings. The highest BCUT2D eigenvalue weighted by molar-refractivity contribution is 6.31. The molecule has 0 spiro atoms. The maximum Gasteiger partial charge on any atom is 0.330 e. The van der Waals surface area contributed by atoms with Crippen LogP contribution < -0.4 is 16.6 Å². The van der Waals surface area contributed by atoms with Crippen molar-refractivity contribution in [2.45, 2.75) is 32.9 Å². The minimum absolute atomic E-state index is 0.319. The standard InChI is InChI=1S/C17H21ClN4O2/c1-2-3-8-21-10-13-15(19-11-21)22(17(24)20-16(13)23)9-12-6-4-5-7-14(12)18/h4-7,19H,2-3,8-11H2,1H3,(H,20,23,24). The molecular formula is C17H21ClN4O2. The second kappa shape index (κ2) is 7.23. The van der Waals surface area contributed by atoms with Crippen molar-refractivity contribution in [1.82, 2.24) is 14.5 Å². The van der Waals surface area contributed by atoms with Gasteiger partial charge in [0.15, 0.2) is 0 Å². The molecule has 0 atom stereocenters. The van der Waals surface area contributed by atoms with Gasteiger partial charge in [-0.15, -0.1) is 0 Å². The lowest BCUT2D eigenvalue weighted by Crippen LogP contribution is -2.43. The average Bonchev–Trinajstić information content (AvgIpc) is 2.58. The number of fused-ring (bicyclic) bond motifs is 1. The Morgan fingerprint density at radius 2 is 2.04 bits per heavy atom. The molecule has 1 aliphatic heterocycles. The summed E-state index contributed by atoms with van der Waals surface area (Å²) in [5, 5.41) is 3.84. The molecule has 2 heterocycles. The van der Waals surface area contributed by atoms with Gasteiger partial charge in [0, 0.05) is 18.1 Å². The first-order valence-corrected chi connectivity index (χ1v) is 8.53. The first-order chi connectivity index (χ1) is 11.6. The Morgan fingerprint density at radius 3 is 2.79 bits per heavy atom. The fraction of sp³-hybridized carbons (Fsp3) is 0.412. The maximum absolute atomic E-state index is 12.3. The van der Waals surface area contributed by atoms with Gasteiger partial charge in [-0.1, -0.05) is 43.1 Å². The van der Waals surface area contributed by atoms with Crippen molar-refractivity contribution in [1.29, 1.82) is 0 Å². The molecule has 6 nitrogen and oxygen atoms in total. The van der Waals surface area contributed by atoms with Crippen LogP contribution >= 0.6 is 11.6 Å². The van der Waals surface area contributed by atoms with Crippen LogP contribution in [0.15, 0.2) is 33.9 Å². The van der Waals surface area contributed by atoms with Gasteiger partial charge in [-0.3, -0.25) is 19.2 Å². The van der Waals surface area contributed by atoms with E-state index >= 15 is 0 Å². The zero-order valence-electron chi connectivity index (χ0n) is 13.6. The van der Waals surface area contributed by atoms with E-state index < -0.39 is 5.69 Å². The van der Waals surface area contributed by atoms with Crippen molar-refractivity contribution in [2.24, 2.45) is 0 Å². The molecular weight excluding hydrogens is 328 g/mol. The third kappa shape index (κ3) is 3.39. The van der Waals surface area contributed by atoms with Crippen LogP contribution in [0.3, 0.4) is 0 Å². The van der Waals surface area contributed by atoms with Gasteiger partial charge >= 0.3 is 5.69 Å². The predicted molar refractivity (Wildman–Crippen MR) is 95.7 cm³/mol. The molecule has 0 saturated carbocycles. The first-order valence-electron chi connectivity index (χ1n) is 8.15. The second-order valence-electron chi connectivity index (χ2n) is 6.00. The van der Waals surface area contributed by atoms with E-state index in [1.807, 2.05) is 18.2 Å². The Bertz CT molecular complexity index is 843. The lowest BCUT2D eigenvalue weighted by atomic mass is 10.2. The number of hydrogen-bond donors (Lipinski definition) is 2. The lowest BCUT2D eigenvalue weighted by Gasteiger charge is -2.30. The van der Waals surface area contributed by atoms with Crippen molar-refractivity contribution in [2.75, 3.05) is 18.5 Å². The topological polar surface area (TPSA) is 70.1 Å². The molecule has 2 N–H and O–H groups in total. The van der Waals surface area contributed by atoms with Gasteiger partial charge in [-0.25, -0.2) is 4.79 Å². The zero-order valence-corrected chi connectivity index (χ0v) is 14.4. The molecule has 0 saturated heterocycles. The summed E-state index contributed by atoms with van der Waals surface area (Å²) in [6.07, 6.45) is 2.18. The van der Waals surface area contributed by atoms with Crippen molar-refractivity contribution >= 4 is 17.4 Å². The van der Waals surface area contributed by atoms with Crippen molar-refractivity contribution < 1.29 is 0 Å². The van der Waals surface area contributed by atoms with Gasteiger partial charge in [-0.05, 0) is 18.1 Å². The number of anilines is 1. The van der Waals surface area contributed by atoms with Crippen molar-refractivity contribution in [3.05, 3.63) is 61.3 Å². The lowest BCUT2D eigenvalue weighted by molar-refractivity contribution is 0.267. The summed E-state index contributed by atoms with van der Waals surface area (Å²) in [6.45, 7) is 4.55. The van der Waals surface area contributed by atoms with E-state index in [2.05, 4.69) is 22.1 Å². The highest BCUT2D eigenvalue weighted by Crippen LogP contribution is 2.21. The summed E-state index contributed by atoms with van der Waals surface area (Å²) in [7, 11) is 0. The zero-order chi connectivity index (χ0) is 17.1. The van der Waals surface area contributed by atoms with Crippen LogP contribution in [0.25, 0.3) is 0 Å². The summed E-state index contributed by atoms with van der Waals surface area (Å²) in [5.74, 6) is 0.594. The molecule has 0 fully saturated rings. The van der Waals surface area contributed by atoms with E-state index in [1.54, 1.807) is 10.6 Å². The number of nitrogens with zero attached hydrogens (tertiary/aromatic N) is 2. The summed E-state index contributed by atoms with van der Waals surface area (Å²) >= 11 is 6.21. The molecule has 3 rings (SSSR count).